The van der Waals surface area contributed by atoms with Crippen LogP contribution in [0.5, 0.6) is 0 Å². The molecular formula is C13H27NO. The van der Waals surface area contributed by atoms with Gasteiger partial charge in [-0.25, -0.2) is 0 Å². The average molecular weight is 213 g/mol. The third kappa shape index (κ3) is 4.98. The van der Waals surface area contributed by atoms with Gasteiger partial charge in [0.25, 0.3) is 0 Å². The second kappa shape index (κ2) is 7.24. The van der Waals surface area contributed by atoms with E-state index in [2.05, 4.69) is 19.2 Å². The standard InChI is InChI=1S/C13H27NO/c1-3-7-11(2)13(15)10-14-12-8-5-4-6-9-12/h11-15H,3-10H2,1-2H3. The van der Waals surface area contributed by atoms with E-state index in [1.807, 2.05) is 0 Å². The van der Waals surface area contributed by atoms with Gasteiger partial charge in [-0.05, 0) is 25.2 Å². The molecule has 15 heavy (non-hydrogen) atoms. The fourth-order valence-corrected chi connectivity index (χ4v) is 2.44. The number of hydrogen-bond acceptors (Lipinski definition) is 2. The maximum absolute atomic E-state index is 9.92. The minimum absolute atomic E-state index is 0.160. The van der Waals surface area contributed by atoms with Crippen molar-refractivity contribution in [2.24, 2.45) is 5.92 Å². The molecule has 1 aliphatic rings. The second-order valence-electron chi connectivity index (χ2n) is 5.08. The molecule has 2 N–H and O–H groups in total. The first-order valence-corrected chi connectivity index (χ1v) is 6.65. The van der Waals surface area contributed by atoms with Crippen molar-refractivity contribution in [3.05, 3.63) is 0 Å². The molecular weight excluding hydrogens is 186 g/mol. The van der Waals surface area contributed by atoms with Crippen molar-refractivity contribution in [1.29, 1.82) is 0 Å². The quantitative estimate of drug-likeness (QED) is 0.711. The fourth-order valence-electron chi connectivity index (χ4n) is 2.44. The molecule has 1 rings (SSSR count). The molecule has 0 aliphatic heterocycles. The van der Waals surface area contributed by atoms with E-state index < -0.39 is 0 Å². The van der Waals surface area contributed by atoms with Crippen molar-refractivity contribution < 1.29 is 5.11 Å². The molecule has 1 fully saturated rings. The van der Waals surface area contributed by atoms with Gasteiger partial charge in [-0.1, -0.05) is 39.5 Å². The zero-order valence-corrected chi connectivity index (χ0v) is 10.3. The Labute approximate surface area is 94.5 Å². The van der Waals surface area contributed by atoms with E-state index in [9.17, 15) is 5.11 Å². The van der Waals surface area contributed by atoms with Crippen LogP contribution in [0.2, 0.25) is 0 Å². The first kappa shape index (κ1) is 13.0. The Balaban J connectivity index is 2.11. The molecule has 0 amide bonds. The van der Waals surface area contributed by atoms with Gasteiger partial charge in [-0.3, -0.25) is 0 Å². The summed E-state index contributed by atoms with van der Waals surface area (Å²) in [5.74, 6) is 0.436. The number of rotatable bonds is 6. The summed E-state index contributed by atoms with van der Waals surface area (Å²) < 4.78 is 0. The lowest BCUT2D eigenvalue weighted by Gasteiger charge is -2.26. The van der Waals surface area contributed by atoms with Crippen LogP contribution in [0.25, 0.3) is 0 Å². The zero-order valence-electron chi connectivity index (χ0n) is 10.3. The van der Waals surface area contributed by atoms with E-state index in [1.54, 1.807) is 0 Å². The summed E-state index contributed by atoms with van der Waals surface area (Å²) in [5.41, 5.74) is 0. The molecule has 2 atom stereocenters. The average Bonchev–Trinajstić information content (AvgIpc) is 2.27. The SMILES string of the molecule is CCCC(C)C(O)CNC1CCCCC1. The summed E-state index contributed by atoms with van der Waals surface area (Å²) in [6.07, 6.45) is 8.86. The summed E-state index contributed by atoms with van der Waals surface area (Å²) in [4.78, 5) is 0. The van der Waals surface area contributed by atoms with Crippen LogP contribution in [0, 0.1) is 5.92 Å². The second-order valence-corrected chi connectivity index (χ2v) is 5.08. The van der Waals surface area contributed by atoms with Crippen molar-refractivity contribution >= 4 is 0 Å². The Morgan fingerprint density at radius 2 is 1.93 bits per heavy atom. The fraction of sp³-hybridized carbons (Fsp3) is 1.00. The first-order chi connectivity index (χ1) is 7.24. The van der Waals surface area contributed by atoms with Gasteiger partial charge < -0.3 is 10.4 Å². The topological polar surface area (TPSA) is 32.3 Å². The molecule has 1 saturated carbocycles. The van der Waals surface area contributed by atoms with E-state index >= 15 is 0 Å². The molecule has 0 bridgehead atoms. The van der Waals surface area contributed by atoms with Gasteiger partial charge in [0.2, 0.25) is 0 Å². The molecule has 1 aliphatic carbocycles. The molecule has 90 valence electrons. The van der Waals surface area contributed by atoms with Crippen LogP contribution in [0.1, 0.15) is 58.8 Å². The van der Waals surface area contributed by atoms with Crippen LogP contribution in [-0.4, -0.2) is 23.8 Å². The third-order valence-electron chi connectivity index (χ3n) is 3.62. The minimum Gasteiger partial charge on any atom is -0.392 e. The summed E-state index contributed by atoms with van der Waals surface area (Å²) >= 11 is 0. The number of aliphatic hydroxyl groups is 1. The zero-order chi connectivity index (χ0) is 11.1. The Morgan fingerprint density at radius 3 is 2.53 bits per heavy atom. The molecule has 2 unspecified atom stereocenters. The monoisotopic (exact) mass is 213 g/mol. The first-order valence-electron chi connectivity index (χ1n) is 6.65. The highest BCUT2D eigenvalue weighted by Gasteiger charge is 2.17. The maximum Gasteiger partial charge on any atom is 0.0690 e. The van der Waals surface area contributed by atoms with Gasteiger partial charge in [0, 0.05) is 12.6 Å². The maximum atomic E-state index is 9.92. The van der Waals surface area contributed by atoms with Crippen molar-refractivity contribution in [3.8, 4) is 0 Å². The van der Waals surface area contributed by atoms with Gasteiger partial charge in [-0.15, -0.1) is 0 Å². The Hall–Kier alpha value is -0.0800. The molecule has 2 heteroatoms. The smallest absolute Gasteiger partial charge is 0.0690 e. The minimum atomic E-state index is -0.160. The molecule has 2 nitrogen and oxygen atoms in total. The molecule has 0 aromatic carbocycles. The van der Waals surface area contributed by atoms with Crippen molar-refractivity contribution in [1.82, 2.24) is 5.32 Å². The van der Waals surface area contributed by atoms with Crippen molar-refractivity contribution in [2.75, 3.05) is 6.54 Å². The van der Waals surface area contributed by atoms with Crippen LogP contribution in [-0.2, 0) is 0 Å². The highest BCUT2D eigenvalue weighted by molar-refractivity contribution is 4.75. The van der Waals surface area contributed by atoms with Crippen molar-refractivity contribution in [3.63, 3.8) is 0 Å². The molecule has 0 saturated heterocycles. The van der Waals surface area contributed by atoms with E-state index in [1.165, 1.54) is 38.5 Å². The molecule has 0 radical (unpaired) electrons. The lowest BCUT2D eigenvalue weighted by Crippen LogP contribution is -2.39. The lowest BCUT2D eigenvalue weighted by molar-refractivity contribution is 0.104. The Kier molecular flexibility index (Phi) is 6.26. The van der Waals surface area contributed by atoms with Crippen LogP contribution >= 0.6 is 0 Å². The Morgan fingerprint density at radius 1 is 1.27 bits per heavy atom. The Bertz CT molecular complexity index is 155. The number of aliphatic hydroxyl groups excluding tert-OH is 1. The summed E-state index contributed by atoms with van der Waals surface area (Å²) in [6, 6.07) is 0.669. The summed E-state index contributed by atoms with van der Waals surface area (Å²) in [6.45, 7) is 5.11. The van der Waals surface area contributed by atoms with Crippen LogP contribution in [0.4, 0.5) is 0 Å². The third-order valence-corrected chi connectivity index (χ3v) is 3.62. The van der Waals surface area contributed by atoms with Crippen molar-refractivity contribution in [2.45, 2.75) is 70.9 Å². The van der Waals surface area contributed by atoms with Crippen LogP contribution in [0.15, 0.2) is 0 Å². The van der Waals surface area contributed by atoms with Gasteiger partial charge in [0.15, 0.2) is 0 Å². The lowest BCUT2D eigenvalue weighted by atomic mass is 9.94. The molecule has 0 heterocycles. The summed E-state index contributed by atoms with van der Waals surface area (Å²) in [7, 11) is 0. The van der Waals surface area contributed by atoms with Gasteiger partial charge in [-0.2, -0.15) is 0 Å². The van der Waals surface area contributed by atoms with E-state index in [-0.39, 0.29) is 6.10 Å². The summed E-state index contributed by atoms with van der Waals surface area (Å²) in [5, 5.41) is 13.4. The van der Waals surface area contributed by atoms with Crippen LogP contribution in [0.3, 0.4) is 0 Å². The normalized spacial score (nSPS) is 22.6. The molecule has 0 aromatic rings. The highest BCUT2D eigenvalue weighted by Crippen LogP contribution is 2.18. The number of hydrogen-bond donors (Lipinski definition) is 2. The predicted molar refractivity (Wildman–Crippen MR) is 65.0 cm³/mol. The molecule has 0 aromatic heterocycles. The van der Waals surface area contributed by atoms with E-state index in [0.717, 1.165) is 13.0 Å². The van der Waals surface area contributed by atoms with E-state index in [4.69, 9.17) is 0 Å². The number of nitrogens with one attached hydrogen (secondary N) is 1. The predicted octanol–water partition coefficient (Wildman–Crippen LogP) is 2.71. The highest BCUT2D eigenvalue weighted by atomic mass is 16.3. The van der Waals surface area contributed by atoms with Gasteiger partial charge >= 0.3 is 0 Å². The van der Waals surface area contributed by atoms with Crippen LogP contribution < -0.4 is 5.32 Å². The van der Waals surface area contributed by atoms with Gasteiger partial charge in [0.1, 0.15) is 0 Å². The largest absolute Gasteiger partial charge is 0.392 e. The van der Waals surface area contributed by atoms with Gasteiger partial charge in [0.05, 0.1) is 6.10 Å². The molecule has 0 spiro atoms. The van der Waals surface area contributed by atoms with E-state index in [0.29, 0.717) is 12.0 Å².